The molecule has 0 radical (unpaired) electrons. The van der Waals surface area contributed by atoms with Crippen LogP contribution in [0.25, 0.3) is 0 Å². The monoisotopic (exact) mass is 355 g/mol. The summed E-state index contributed by atoms with van der Waals surface area (Å²) in [5.41, 5.74) is 2.29. The van der Waals surface area contributed by atoms with Gasteiger partial charge in [-0.15, -0.1) is 0 Å². The average Bonchev–Trinajstić information content (AvgIpc) is 2.87. The number of carbonyl (C=O) groups is 2. The van der Waals surface area contributed by atoms with E-state index in [1.165, 1.54) is 4.90 Å². The van der Waals surface area contributed by atoms with Crippen molar-refractivity contribution in [3.8, 4) is 0 Å². The molecule has 0 spiro atoms. The average molecular weight is 356 g/mol. The number of benzene rings is 2. The smallest absolute Gasteiger partial charge is 0.266 e. The van der Waals surface area contributed by atoms with Crippen LogP contribution in [0.1, 0.15) is 20.7 Å². The van der Waals surface area contributed by atoms with E-state index in [4.69, 9.17) is 11.6 Å². The molecule has 0 atom stereocenters. The number of nitrogens with zero attached hydrogens (tertiary/aromatic N) is 3. The van der Waals surface area contributed by atoms with Crippen molar-refractivity contribution in [2.24, 2.45) is 0 Å². The van der Waals surface area contributed by atoms with E-state index in [0.717, 1.165) is 31.9 Å². The summed E-state index contributed by atoms with van der Waals surface area (Å²) in [6.07, 6.45) is 0. The number of hydrogen-bond donors (Lipinski definition) is 0. The molecule has 5 nitrogen and oxygen atoms in total. The number of fused-ring (bicyclic) bond motifs is 1. The minimum Gasteiger partial charge on any atom is -0.369 e. The van der Waals surface area contributed by atoms with Gasteiger partial charge < -0.3 is 9.80 Å². The second-order valence-corrected chi connectivity index (χ2v) is 6.82. The Labute approximate surface area is 151 Å². The quantitative estimate of drug-likeness (QED) is 0.777. The van der Waals surface area contributed by atoms with Crippen LogP contribution in [0.3, 0.4) is 0 Å². The summed E-state index contributed by atoms with van der Waals surface area (Å²) in [5, 5.41) is 0.408. The number of carbonyl (C=O) groups excluding carboxylic acids is 2. The normalized spacial score (nSPS) is 18.0. The number of imide groups is 1. The van der Waals surface area contributed by atoms with Gasteiger partial charge in [0, 0.05) is 31.9 Å². The fourth-order valence-electron chi connectivity index (χ4n) is 3.35. The number of likely N-dealkylation sites (N-methyl/N-ethyl adjacent to an activating group) is 1. The molecule has 2 aromatic carbocycles. The maximum absolute atomic E-state index is 12.6. The standard InChI is InChI=1S/C19H18ClN3O2/c1-21-8-10-22(11-9-21)13-6-7-17(16(20)12-13)23-18(24)14-4-2-3-5-15(14)19(23)25/h2-7,12H,8-11H2,1H3. The Morgan fingerprint density at radius 2 is 1.48 bits per heavy atom. The second kappa shape index (κ2) is 6.17. The first kappa shape index (κ1) is 16.1. The predicted octanol–water partition coefficient (Wildman–Crippen LogP) is 2.89. The van der Waals surface area contributed by atoms with Crippen molar-refractivity contribution >= 4 is 34.8 Å². The Hall–Kier alpha value is -2.37. The SMILES string of the molecule is CN1CCN(c2ccc(N3C(=O)c4ccccc4C3=O)c(Cl)c2)CC1. The van der Waals surface area contributed by atoms with Gasteiger partial charge in [0.15, 0.2) is 0 Å². The lowest BCUT2D eigenvalue weighted by Crippen LogP contribution is -2.44. The van der Waals surface area contributed by atoms with Gasteiger partial charge in [-0.25, -0.2) is 4.90 Å². The molecule has 128 valence electrons. The zero-order valence-corrected chi connectivity index (χ0v) is 14.7. The third-order valence-electron chi connectivity index (χ3n) is 4.83. The summed E-state index contributed by atoms with van der Waals surface area (Å²) < 4.78 is 0. The van der Waals surface area contributed by atoms with E-state index in [9.17, 15) is 9.59 Å². The Bertz CT molecular complexity index is 824. The maximum atomic E-state index is 12.6. The molecule has 0 aromatic heterocycles. The van der Waals surface area contributed by atoms with Gasteiger partial charge in [0.05, 0.1) is 21.8 Å². The van der Waals surface area contributed by atoms with E-state index in [0.29, 0.717) is 21.8 Å². The first-order valence-corrected chi connectivity index (χ1v) is 8.65. The molecule has 2 heterocycles. The molecule has 0 N–H and O–H groups in total. The molecule has 2 aromatic rings. The molecule has 2 aliphatic rings. The number of piperazine rings is 1. The van der Waals surface area contributed by atoms with Gasteiger partial charge in [-0.2, -0.15) is 0 Å². The highest BCUT2D eigenvalue weighted by Crippen LogP contribution is 2.35. The Morgan fingerprint density at radius 1 is 0.880 bits per heavy atom. The van der Waals surface area contributed by atoms with Gasteiger partial charge in [0.1, 0.15) is 0 Å². The lowest BCUT2D eigenvalue weighted by Gasteiger charge is -2.34. The van der Waals surface area contributed by atoms with E-state index in [-0.39, 0.29) is 11.8 Å². The summed E-state index contributed by atoms with van der Waals surface area (Å²) in [4.78, 5) is 30.9. The molecule has 25 heavy (non-hydrogen) atoms. The largest absolute Gasteiger partial charge is 0.369 e. The molecule has 1 saturated heterocycles. The topological polar surface area (TPSA) is 43.9 Å². The van der Waals surface area contributed by atoms with Gasteiger partial charge in [-0.05, 0) is 37.4 Å². The fraction of sp³-hybridized carbons (Fsp3) is 0.263. The van der Waals surface area contributed by atoms with Gasteiger partial charge in [0.25, 0.3) is 11.8 Å². The summed E-state index contributed by atoms with van der Waals surface area (Å²) in [5.74, 6) is -0.648. The van der Waals surface area contributed by atoms with E-state index >= 15 is 0 Å². The van der Waals surface area contributed by atoms with Crippen molar-refractivity contribution < 1.29 is 9.59 Å². The molecule has 0 unspecified atom stereocenters. The third kappa shape index (κ3) is 2.69. The second-order valence-electron chi connectivity index (χ2n) is 6.42. The van der Waals surface area contributed by atoms with Crippen molar-refractivity contribution in [3.63, 3.8) is 0 Å². The molecular weight excluding hydrogens is 338 g/mol. The van der Waals surface area contributed by atoms with Crippen LogP contribution in [0.2, 0.25) is 5.02 Å². The molecule has 2 aliphatic heterocycles. The van der Waals surface area contributed by atoms with Gasteiger partial charge in [-0.3, -0.25) is 9.59 Å². The van der Waals surface area contributed by atoms with E-state index < -0.39 is 0 Å². The fourth-order valence-corrected chi connectivity index (χ4v) is 3.61. The molecule has 1 fully saturated rings. The highest BCUT2D eigenvalue weighted by atomic mass is 35.5. The molecule has 6 heteroatoms. The summed E-state index contributed by atoms with van der Waals surface area (Å²) in [6.45, 7) is 3.86. The van der Waals surface area contributed by atoms with Crippen LogP contribution in [-0.2, 0) is 0 Å². The highest BCUT2D eigenvalue weighted by Gasteiger charge is 2.37. The van der Waals surface area contributed by atoms with Crippen molar-refractivity contribution in [1.29, 1.82) is 0 Å². The number of rotatable bonds is 2. The molecular formula is C19H18ClN3O2. The Balaban J connectivity index is 1.64. The van der Waals surface area contributed by atoms with Gasteiger partial charge in [0.2, 0.25) is 0 Å². The van der Waals surface area contributed by atoms with Gasteiger partial charge >= 0.3 is 0 Å². The lowest BCUT2D eigenvalue weighted by atomic mass is 10.1. The van der Waals surface area contributed by atoms with Crippen LogP contribution < -0.4 is 9.80 Å². The molecule has 2 amide bonds. The van der Waals surface area contributed by atoms with Crippen LogP contribution >= 0.6 is 11.6 Å². The lowest BCUT2D eigenvalue weighted by molar-refractivity contribution is 0.0926. The first-order chi connectivity index (χ1) is 12.1. The van der Waals surface area contributed by atoms with Crippen LogP contribution in [0.4, 0.5) is 11.4 Å². The van der Waals surface area contributed by atoms with E-state index in [2.05, 4.69) is 16.8 Å². The number of anilines is 2. The van der Waals surface area contributed by atoms with Crippen LogP contribution in [0.5, 0.6) is 0 Å². The summed E-state index contributed by atoms with van der Waals surface area (Å²) in [6, 6.07) is 12.4. The van der Waals surface area contributed by atoms with Crippen molar-refractivity contribution in [1.82, 2.24) is 4.90 Å². The van der Waals surface area contributed by atoms with E-state index in [1.807, 2.05) is 12.1 Å². The van der Waals surface area contributed by atoms with Crippen LogP contribution in [-0.4, -0.2) is 49.9 Å². The third-order valence-corrected chi connectivity index (χ3v) is 5.14. The van der Waals surface area contributed by atoms with Crippen LogP contribution in [0.15, 0.2) is 42.5 Å². The minimum atomic E-state index is -0.324. The van der Waals surface area contributed by atoms with Gasteiger partial charge in [-0.1, -0.05) is 23.7 Å². The zero-order chi connectivity index (χ0) is 17.6. The molecule has 0 aliphatic carbocycles. The Morgan fingerprint density at radius 3 is 2.04 bits per heavy atom. The van der Waals surface area contributed by atoms with E-state index in [1.54, 1.807) is 30.3 Å². The number of amides is 2. The van der Waals surface area contributed by atoms with Crippen LogP contribution in [0, 0.1) is 0 Å². The molecule has 0 saturated carbocycles. The molecule has 0 bridgehead atoms. The molecule has 4 rings (SSSR count). The maximum Gasteiger partial charge on any atom is 0.266 e. The first-order valence-electron chi connectivity index (χ1n) is 8.27. The summed E-state index contributed by atoms with van der Waals surface area (Å²) >= 11 is 6.45. The zero-order valence-electron chi connectivity index (χ0n) is 13.9. The number of hydrogen-bond acceptors (Lipinski definition) is 4. The van der Waals surface area contributed by atoms with Crippen molar-refractivity contribution in [2.45, 2.75) is 0 Å². The van der Waals surface area contributed by atoms with Crippen molar-refractivity contribution in [3.05, 3.63) is 58.6 Å². The number of halogens is 1. The van der Waals surface area contributed by atoms with Crippen molar-refractivity contribution in [2.75, 3.05) is 43.0 Å². The minimum absolute atomic E-state index is 0.324. The Kier molecular flexibility index (Phi) is 3.98. The highest BCUT2D eigenvalue weighted by molar-refractivity contribution is 6.40. The summed E-state index contributed by atoms with van der Waals surface area (Å²) in [7, 11) is 2.11. The predicted molar refractivity (Wildman–Crippen MR) is 98.7 cm³/mol.